The molecule has 0 fully saturated rings. The zero-order valence-corrected chi connectivity index (χ0v) is 9.30. The minimum absolute atomic E-state index is 0.316. The molecule has 0 aromatic heterocycles. The second-order valence-corrected chi connectivity index (χ2v) is 3.24. The quantitative estimate of drug-likeness (QED) is 0.865. The molecule has 0 saturated heterocycles. The summed E-state index contributed by atoms with van der Waals surface area (Å²) in [6.45, 7) is 0.316. The van der Waals surface area contributed by atoms with E-state index in [0.29, 0.717) is 17.3 Å². The summed E-state index contributed by atoms with van der Waals surface area (Å²) in [4.78, 5) is 10.9. The molecule has 0 radical (unpaired) electrons. The maximum absolute atomic E-state index is 10.9. The molecule has 5 heteroatoms. The number of carbonyl (C=O) groups excluding carboxylic acids is 1. The van der Waals surface area contributed by atoms with E-state index < -0.39 is 6.09 Å². The average molecular weight is 230 g/mol. The molecule has 0 bridgehead atoms. The third-order valence-electron chi connectivity index (χ3n) is 1.85. The van der Waals surface area contributed by atoms with E-state index in [-0.39, 0.29) is 0 Å². The molecule has 0 aliphatic rings. The van der Waals surface area contributed by atoms with Gasteiger partial charge < -0.3 is 14.8 Å². The van der Waals surface area contributed by atoms with E-state index in [1.807, 2.05) is 0 Å². The van der Waals surface area contributed by atoms with Gasteiger partial charge in [-0.1, -0.05) is 11.6 Å². The maximum atomic E-state index is 10.9. The van der Waals surface area contributed by atoms with Crippen LogP contribution in [0.3, 0.4) is 0 Å². The molecule has 82 valence electrons. The molecule has 15 heavy (non-hydrogen) atoms. The first-order chi connectivity index (χ1) is 7.17. The first-order valence-corrected chi connectivity index (χ1v) is 4.69. The van der Waals surface area contributed by atoms with Crippen molar-refractivity contribution in [1.82, 2.24) is 5.32 Å². The van der Waals surface area contributed by atoms with Gasteiger partial charge in [-0.05, 0) is 18.2 Å². The summed E-state index contributed by atoms with van der Waals surface area (Å²) in [7, 11) is 2.87. The molecule has 1 aromatic rings. The van der Waals surface area contributed by atoms with Gasteiger partial charge in [0.2, 0.25) is 0 Å². The van der Waals surface area contributed by atoms with Gasteiger partial charge >= 0.3 is 6.09 Å². The van der Waals surface area contributed by atoms with Gasteiger partial charge in [-0.25, -0.2) is 4.79 Å². The van der Waals surface area contributed by atoms with Crippen molar-refractivity contribution >= 4 is 17.7 Å². The van der Waals surface area contributed by atoms with Gasteiger partial charge in [0, 0.05) is 17.1 Å². The van der Waals surface area contributed by atoms with Gasteiger partial charge in [0.05, 0.1) is 14.2 Å². The Hall–Kier alpha value is -1.42. The number of benzene rings is 1. The number of amides is 1. The van der Waals surface area contributed by atoms with Crippen LogP contribution in [0.2, 0.25) is 5.02 Å². The molecule has 0 aliphatic carbocycles. The van der Waals surface area contributed by atoms with E-state index in [1.54, 1.807) is 25.3 Å². The number of halogens is 1. The van der Waals surface area contributed by atoms with Crippen molar-refractivity contribution in [1.29, 1.82) is 0 Å². The van der Waals surface area contributed by atoms with Crippen molar-refractivity contribution in [3.8, 4) is 5.75 Å². The normalized spacial score (nSPS) is 9.53. The Morgan fingerprint density at radius 3 is 2.80 bits per heavy atom. The van der Waals surface area contributed by atoms with Crippen molar-refractivity contribution in [3.63, 3.8) is 0 Å². The highest BCUT2D eigenvalue weighted by Gasteiger charge is 2.05. The van der Waals surface area contributed by atoms with Crippen molar-refractivity contribution < 1.29 is 14.3 Å². The molecular formula is C10H12ClNO3. The Morgan fingerprint density at radius 2 is 2.20 bits per heavy atom. The predicted octanol–water partition coefficient (Wildman–Crippen LogP) is 2.20. The third-order valence-corrected chi connectivity index (χ3v) is 2.09. The van der Waals surface area contributed by atoms with Gasteiger partial charge in [-0.3, -0.25) is 0 Å². The highest BCUT2D eigenvalue weighted by atomic mass is 35.5. The highest BCUT2D eigenvalue weighted by molar-refractivity contribution is 6.30. The van der Waals surface area contributed by atoms with Crippen LogP contribution in [0.5, 0.6) is 5.75 Å². The van der Waals surface area contributed by atoms with Crippen LogP contribution in [0.25, 0.3) is 0 Å². The van der Waals surface area contributed by atoms with Crippen LogP contribution >= 0.6 is 11.6 Å². The lowest BCUT2D eigenvalue weighted by Gasteiger charge is -2.09. The summed E-state index contributed by atoms with van der Waals surface area (Å²) < 4.78 is 9.57. The first kappa shape index (κ1) is 11.7. The van der Waals surface area contributed by atoms with Crippen LogP contribution in [-0.2, 0) is 11.3 Å². The van der Waals surface area contributed by atoms with Gasteiger partial charge in [-0.2, -0.15) is 0 Å². The Balaban J connectivity index is 2.74. The van der Waals surface area contributed by atoms with E-state index in [0.717, 1.165) is 5.56 Å². The lowest BCUT2D eigenvalue weighted by atomic mass is 10.2. The zero-order chi connectivity index (χ0) is 11.3. The zero-order valence-electron chi connectivity index (χ0n) is 8.54. The largest absolute Gasteiger partial charge is 0.496 e. The van der Waals surface area contributed by atoms with E-state index in [4.69, 9.17) is 16.3 Å². The van der Waals surface area contributed by atoms with E-state index in [2.05, 4.69) is 10.1 Å². The summed E-state index contributed by atoms with van der Waals surface area (Å²) in [5.41, 5.74) is 0.801. The van der Waals surface area contributed by atoms with E-state index in [9.17, 15) is 4.79 Å². The van der Waals surface area contributed by atoms with Crippen LogP contribution < -0.4 is 10.1 Å². The summed E-state index contributed by atoms with van der Waals surface area (Å²) in [5.74, 6) is 0.677. The van der Waals surface area contributed by atoms with Crippen LogP contribution in [0, 0.1) is 0 Å². The van der Waals surface area contributed by atoms with Crippen LogP contribution in [0.1, 0.15) is 5.56 Å². The number of carbonyl (C=O) groups is 1. The summed E-state index contributed by atoms with van der Waals surface area (Å²) in [6, 6.07) is 5.20. The molecule has 1 aromatic carbocycles. The number of hydrogen-bond donors (Lipinski definition) is 1. The topological polar surface area (TPSA) is 47.6 Å². The molecule has 1 N–H and O–H groups in total. The molecule has 0 heterocycles. The summed E-state index contributed by atoms with van der Waals surface area (Å²) in [5, 5.41) is 3.15. The number of ether oxygens (including phenoxy) is 2. The second kappa shape index (κ2) is 5.46. The Morgan fingerprint density at radius 1 is 1.47 bits per heavy atom. The van der Waals surface area contributed by atoms with Crippen molar-refractivity contribution in [2.24, 2.45) is 0 Å². The van der Waals surface area contributed by atoms with Gasteiger partial charge in [0.25, 0.3) is 0 Å². The smallest absolute Gasteiger partial charge is 0.407 e. The van der Waals surface area contributed by atoms with Crippen LogP contribution in [-0.4, -0.2) is 20.3 Å². The third kappa shape index (κ3) is 3.32. The predicted molar refractivity (Wildman–Crippen MR) is 57.2 cm³/mol. The Bertz CT molecular complexity index is 355. The Labute approximate surface area is 93.1 Å². The number of nitrogens with one attached hydrogen (secondary N) is 1. The lowest BCUT2D eigenvalue weighted by Crippen LogP contribution is -2.22. The van der Waals surface area contributed by atoms with Crippen molar-refractivity contribution in [3.05, 3.63) is 28.8 Å². The summed E-state index contributed by atoms with van der Waals surface area (Å²) in [6.07, 6.45) is -0.489. The molecule has 4 nitrogen and oxygen atoms in total. The van der Waals surface area contributed by atoms with Gasteiger partial charge in [-0.15, -0.1) is 0 Å². The highest BCUT2D eigenvalue weighted by Crippen LogP contribution is 2.22. The molecule has 1 rings (SSSR count). The fraction of sp³-hybridized carbons (Fsp3) is 0.300. The van der Waals surface area contributed by atoms with E-state index in [1.165, 1.54) is 7.11 Å². The fourth-order valence-corrected chi connectivity index (χ4v) is 1.32. The standard InChI is InChI=1S/C10H12ClNO3/c1-14-9-4-3-8(11)5-7(9)6-12-10(13)15-2/h3-5H,6H2,1-2H3,(H,12,13). The summed E-state index contributed by atoms with van der Waals surface area (Å²) >= 11 is 5.82. The van der Waals surface area contributed by atoms with Crippen LogP contribution in [0.15, 0.2) is 18.2 Å². The second-order valence-electron chi connectivity index (χ2n) is 2.80. The number of rotatable bonds is 3. The van der Waals surface area contributed by atoms with E-state index >= 15 is 0 Å². The SMILES string of the molecule is COC(=O)NCc1cc(Cl)ccc1OC. The van der Waals surface area contributed by atoms with Crippen molar-refractivity contribution in [2.75, 3.05) is 14.2 Å². The molecule has 1 amide bonds. The minimum Gasteiger partial charge on any atom is -0.496 e. The first-order valence-electron chi connectivity index (χ1n) is 4.31. The lowest BCUT2D eigenvalue weighted by molar-refractivity contribution is 0.170. The molecule has 0 aliphatic heterocycles. The number of methoxy groups -OCH3 is 2. The molecule has 0 atom stereocenters. The number of hydrogen-bond acceptors (Lipinski definition) is 3. The molecule has 0 saturated carbocycles. The van der Waals surface area contributed by atoms with Gasteiger partial charge in [0.1, 0.15) is 5.75 Å². The van der Waals surface area contributed by atoms with Crippen LogP contribution in [0.4, 0.5) is 4.79 Å². The van der Waals surface area contributed by atoms with Gasteiger partial charge in [0.15, 0.2) is 0 Å². The fourth-order valence-electron chi connectivity index (χ4n) is 1.12. The Kier molecular flexibility index (Phi) is 4.24. The average Bonchev–Trinajstić information content (AvgIpc) is 2.26. The number of alkyl carbamates (subject to hydrolysis) is 1. The molecule has 0 unspecified atom stereocenters. The minimum atomic E-state index is -0.489. The maximum Gasteiger partial charge on any atom is 0.407 e. The molecule has 0 spiro atoms. The monoisotopic (exact) mass is 229 g/mol. The van der Waals surface area contributed by atoms with Crippen molar-refractivity contribution in [2.45, 2.75) is 6.54 Å². The molecular weight excluding hydrogens is 218 g/mol.